The Labute approximate surface area is 130 Å². The van der Waals surface area contributed by atoms with Crippen LogP contribution in [0.3, 0.4) is 0 Å². The second-order valence-corrected chi connectivity index (χ2v) is 4.41. The van der Waals surface area contributed by atoms with Gasteiger partial charge in [0.15, 0.2) is 5.82 Å². The Morgan fingerprint density at radius 1 is 1.27 bits per heavy atom. The summed E-state index contributed by atoms with van der Waals surface area (Å²) in [6.45, 7) is 0. The fourth-order valence-corrected chi connectivity index (χ4v) is 1.83. The number of carboxylic acids is 1. The van der Waals surface area contributed by atoms with Crippen molar-refractivity contribution in [3.05, 3.63) is 41.3 Å². The minimum absolute atomic E-state index is 0.0625. The predicted octanol–water partition coefficient (Wildman–Crippen LogP) is 2.48. The number of nitrogens with zero attached hydrogens (tertiary/aromatic N) is 2. The lowest BCUT2D eigenvalue weighted by molar-refractivity contribution is 0.0693. The molecule has 0 fully saturated rings. The van der Waals surface area contributed by atoms with Gasteiger partial charge in [-0.2, -0.15) is 0 Å². The van der Waals surface area contributed by atoms with Gasteiger partial charge in [0.2, 0.25) is 0 Å². The summed E-state index contributed by atoms with van der Waals surface area (Å²) < 4.78 is 4.97. The molecule has 1 aromatic heterocycles. The van der Waals surface area contributed by atoms with Gasteiger partial charge in [-0.25, -0.2) is 14.6 Å². The number of urea groups is 1. The van der Waals surface area contributed by atoms with Crippen molar-refractivity contribution in [2.75, 3.05) is 17.7 Å². The molecule has 2 rings (SSSR count). The molecule has 3 N–H and O–H groups in total. The van der Waals surface area contributed by atoms with Gasteiger partial charge in [-0.3, -0.25) is 10.3 Å². The van der Waals surface area contributed by atoms with Crippen LogP contribution in [-0.2, 0) is 0 Å². The average molecular weight is 323 g/mol. The zero-order chi connectivity index (χ0) is 16.1. The number of ether oxygens (including phenoxy) is 1. The quantitative estimate of drug-likeness (QED) is 0.797. The van der Waals surface area contributed by atoms with Crippen molar-refractivity contribution in [2.45, 2.75) is 0 Å². The molecule has 0 aliphatic heterocycles. The van der Waals surface area contributed by atoms with Crippen LogP contribution in [0.2, 0.25) is 5.02 Å². The molecule has 2 aromatic rings. The number of carbonyl (C=O) groups excluding carboxylic acids is 1. The minimum atomic E-state index is -1.19. The summed E-state index contributed by atoms with van der Waals surface area (Å²) in [6.07, 6.45) is 4.26. The Kier molecular flexibility index (Phi) is 4.74. The van der Waals surface area contributed by atoms with E-state index in [0.717, 1.165) is 0 Å². The van der Waals surface area contributed by atoms with Crippen LogP contribution in [-0.4, -0.2) is 34.2 Å². The first-order valence-corrected chi connectivity index (χ1v) is 6.34. The Morgan fingerprint density at radius 3 is 2.64 bits per heavy atom. The van der Waals surface area contributed by atoms with Gasteiger partial charge in [-0.05, 0) is 6.07 Å². The SMILES string of the molecule is COc1cc(NC(=O)Nc2cnccn2)c(Cl)cc1C(=O)O. The normalized spacial score (nSPS) is 9.91. The molecule has 1 aromatic carbocycles. The van der Waals surface area contributed by atoms with E-state index >= 15 is 0 Å². The third-order valence-corrected chi connectivity index (χ3v) is 2.89. The van der Waals surface area contributed by atoms with E-state index in [0.29, 0.717) is 0 Å². The predicted molar refractivity (Wildman–Crippen MR) is 79.6 cm³/mol. The molecule has 0 bridgehead atoms. The number of nitrogens with one attached hydrogen (secondary N) is 2. The maximum absolute atomic E-state index is 11.8. The Hall–Kier alpha value is -2.87. The van der Waals surface area contributed by atoms with Gasteiger partial charge in [0.25, 0.3) is 0 Å². The van der Waals surface area contributed by atoms with Crippen molar-refractivity contribution < 1.29 is 19.4 Å². The lowest BCUT2D eigenvalue weighted by Crippen LogP contribution is -2.20. The smallest absolute Gasteiger partial charge is 0.339 e. The second-order valence-electron chi connectivity index (χ2n) is 4.01. The number of anilines is 2. The van der Waals surface area contributed by atoms with Crippen molar-refractivity contribution in [3.8, 4) is 5.75 Å². The summed E-state index contributed by atoms with van der Waals surface area (Å²) in [4.78, 5) is 30.6. The molecule has 2 amide bonds. The maximum Gasteiger partial charge on any atom is 0.339 e. The number of benzene rings is 1. The number of hydrogen-bond donors (Lipinski definition) is 3. The van der Waals surface area contributed by atoms with Crippen molar-refractivity contribution in [1.29, 1.82) is 0 Å². The van der Waals surface area contributed by atoms with Gasteiger partial charge < -0.3 is 15.2 Å². The number of halogens is 1. The zero-order valence-corrected chi connectivity index (χ0v) is 12.1. The molecule has 9 heteroatoms. The molecule has 0 saturated heterocycles. The summed E-state index contributed by atoms with van der Waals surface area (Å²) in [7, 11) is 1.32. The van der Waals surface area contributed by atoms with Gasteiger partial charge >= 0.3 is 12.0 Å². The lowest BCUT2D eigenvalue weighted by Gasteiger charge is -2.12. The van der Waals surface area contributed by atoms with E-state index in [1.807, 2.05) is 0 Å². The number of carboxylic acid groups (broad SMARTS) is 1. The summed E-state index contributed by atoms with van der Waals surface area (Å²) >= 11 is 5.96. The van der Waals surface area contributed by atoms with Gasteiger partial charge in [-0.15, -0.1) is 0 Å². The van der Waals surface area contributed by atoms with Gasteiger partial charge in [0.05, 0.1) is 24.0 Å². The van der Waals surface area contributed by atoms with Crippen molar-refractivity contribution in [1.82, 2.24) is 9.97 Å². The molecular weight excluding hydrogens is 312 g/mol. The van der Waals surface area contributed by atoms with E-state index in [1.165, 1.54) is 37.8 Å². The summed E-state index contributed by atoms with van der Waals surface area (Å²) in [5.74, 6) is -0.855. The summed E-state index contributed by atoms with van der Waals surface area (Å²) in [5.41, 5.74) is 0.0947. The molecule has 22 heavy (non-hydrogen) atoms. The van der Waals surface area contributed by atoms with Crippen LogP contribution in [0.4, 0.5) is 16.3 Å². The fourth-order valence-electron chi connectivity index (χ4n) is 1.62. The first-order valence-electron chi connectivity index (χ1n) is 5.96. The Morgan fingerprint density at radius 2 is 2.05 bits per heavy atom. The molecule has 0 atom stereocenters. The van der Waals surface area contributed by atoms with Crippen LogP contribution in [0.5, 0.6) is 5.75 Å². The lowest BCUT2D eigenvalue weighted by atomic mass is 10.2. The molecule has 1 heterocycles. The van der Waals surface area contributed by atoms with E-state index in [4.69, 9.17) is 21.4 Å². The maximum atomic E-state index is 11.8. The topological polar surface area (TPSA) is 113 Å². The first kappa shape index (κ1) is 15.5. The highest BCUT2D eigenvalue weighted by Crippen LogP contribution is 2.31. The number of aromatic carboxylic acids is 1. The van der Waals surface area contributed by atoms with Crippen LogP contribution >= 0.6 is 11.6 Å². The highest BCUT2D eigenvalue weighted by atomic mass is 35.5. The van der Waals surface area contributed by atoms with E-state index in [1.54, 1.807) is 0 Å². The Balaban J connectivity index is 2.19. The molecule has 114 valence electrons. The molecule has 0 unspecified atom stereocenters. The summed E-state index contributed by atoms with van der Waals surface area (Å²) in [6, 6.07) is 1.91. The first-order chi connectivity index (χ1) is 10.5. The van der Waals surface area contributed by atoms with Crippen LogP contribution in [0.25, 0.3) is 0 Å². The molecule has 0 radical (unpaired) electrons. The largest absolute Gasteiger partial charge is 0.496 e. The number of amides is 2. The molecule has 0 aliphatic rings. The number of methoxy groups -OCH3 is 1. The van der Waals surface area contributed by atoms with E-state index < -0.39 is 12.0 Å². The number of aromatic nitrogens is 2. The molecule has 0 saturated carbocycles. The number of hydrogen-bond acceptors (Lipinski definition) is 5. The molecule has 0 spiro atoms. The van der Waals surface area contributed by atoms with Crippen LogP contribution in [0.15, 0.2) is 30.7 Å². The van der Waals surface area contributed by atoms with Crippen LogP contribution in [0, 0.1) is 0 Å². The van der Waals surface area contributed by atoms with Crippen molar-refractivity contribution in [3.63, 3.8) is 0 Å². The van der Waals surface area contributed by atoms with E-state index in [2.05, 4.69) is 20.6 Å². The van der Waals surface area contributed by atoms with Crippen molar-refractivity contribution >= 4 is 35.1 Å². The monoisotopic (exact) mass is 322 g/mol. The number of carbonyl (C=O) groups is 2. The molecular formula is C13H11ClN4O4. The third-order valence-electron chi connectivity index (χ3n) is 2.57. The average Bonchev–Trinajstić information content (AvgIpc) is 2.49. The Bertz CT molecular complexity index is 709. The minimum Gasteiger partial charge on any atom is -0.496 e. The highest BCUT2D eigenvalue weighted by molar-refractivity contribution is 6.34. The van der Waals surface area contributed by atoms with Gasteiger partial charge in [0, 0.05) is 18.5 Å². The van der Waals surface area contributed by atoms with Crippen molar-refractivity contribution in [2.24, 2.45) is 0 Å². The molecule has 0 aliphatic carbocycles. The number of rotatable bonds is 4. The van der Waals surface area contributed by atoms with Gasteiger partial charge in [-0.1, -0.05) is 11.6 Å². The van der Waals surface area contributed by atoms with Gasteiger partial charge in [0.1, 0.15) is 11.3 Å². The van der Waals surface area contributed by atoms with E-state index in [-0.39, 0.29) is 27.8 Å². The summed E-state index contributed by atoms with van der Waals surface area (Å²) in [5, 5.41) is 14.0. The molecule has 8 nitrogen and oxygen atoms in total. The van der Waals surface area contributed by atoms with Crippen LogP contribution in [0.1, 0.15) is 10.4 Å². The fraction of sp³-hybridized carbons (Fsp3) is 0.0769. The zero-order valence-electron chi connectivity index (χ0n) is 11.3. The highest BCUT2D eigenvalue weighted by Gasteiger charge is 2.16. The third kappa shape index (κ3) is 3.61. The van der Waals surface area contributed by atoms with Crippen LogP contribution < -0.4 is 15.4 Å². The second kappa shape index (κ2) is 6.72. The standard InChI is InChI=1S/C13H11ClN4O4/c1-22-10-5-9(8(14)4-7(10)12(19)20)17-13(21)18-11-6-15-2-3-16-11/h2-6H,1H3,(H,19,20)(H2,16,17,18,21). The van der Waals surface area contributed by atoms with E-state index in [9.17, 15) is 9.59 Å².